The van der Waals surface area contributed by atoms with Crippen molar-refractivity contribution in [3.63, 3.8) is 0 Å². The molecule has 1 atom stereocenters. The molecule has 0 saturated carbocycles. The number of hydrogen-bond acceptors (Lipinski definition) is 2. The third-order valence-corrected chi connectivity index (χ3v) is 5.50. The molecular formula is C27H34N2. The van der Waals surface area contributed by atoms with Gasteiger partial charge in [-0.1, -0.05) is 64.4 Å². The molecule has 2 N–H and O–H groups in total. The van der Waals surface area contributed by atoms with Crippen LogP contribution in [-0.2, 0) is 6.42 Å². The fourth-order valence-corrected chi connectivity index (χ4v) is 3.80. The Labute approximate surface area is 176 Å². The second-order valence-corrected chi connectivity index (χ2v) is 8.29. The highest BCUT2D eigenvalue weighted by molar-refractivity contribution is 5.68. The van der Waals surface area contributed by atoms with Crippen LogP contribution in [0.3, 0.4) is 0 Å². The summed E-state index contributed by atoms with van der Waals surface area (Å²) in [5.74, 6) is 1.35. The normalized spacial score (nSPS) is 12.0. The lowest BCUT2D eigenvalue weighted by atomic mass is 9.88. The van der Waals surface area contributed by atoms with Gasteiger partial charge in [0.25, 0.3) is 0 Å². The molecule has 0 spiro atoms. The van der Waals surface area contributed by atoms with Gasteiger partial charge in [-0.3, -0.25) is 0 Å². The van der Waals surface area contributed by atoms with Gasteiger partial charge in [0.2, 0.25) is 0 Å². The predicted octanol–water partition coefficient (Wildman–Crippen LogP) is 8.28. The first-order valence-corrected chi connectivity index (χ1v) is 10.9. The number of benzene rings is 3. The lowest BCUT2D eigenvalue weighted by molar-refractivity contribution is 0.515. The zero-order valence-corrected chi connectivity index (χ0v) is 18.2. The topological polar surface area (TPSA) is 24.1 Å². The maximum atomic E-state index is 3.65. The number of hydrogen-bond donors (Lipinski definition) is 2. The summed E-state index contributed by atoms with van der Waals surface area (Å²) in [5.41, 5.74) is 7.46. The van der Waals surface area contributed by atoms with E-state index >= 15 is 0 Å². The lowest BCUT2D eigenvalue weighted by Crippen LogP contribution is -2.04. The average Bonchev–Trinajstić information content (AvgIpc) is 2.74. The Hall–Kier alpha value is -2.74. The van der Waals surface area contributed by atoms with E-state index in [0.717, 1.165) is 29.4 Å². The van der Waals surface area contributed by atoms with Crippen molar-refractivity contribution in [2.24, 2.45) is 5.92 Å². The molecule has 0 aliphatic heterocycles. The smallest absolute Gasteiger partial charge is 0.0419 e. The van der Waals surface area contributed by atoms with E-state index in [-0.39, 0.29) is 0 Å². The highest BCUT2D eigenvalue weighted by Crippen LogP contribution is 2.32. The van der Waals surface area contributed by atoms with Crippen LogP contribution in [0.15, 0.2) is 72.8 Å². The Bertz CT molecular complexity index is 882. The molecule has 3 aromatic rings. The van der Waals surface area contributed by atoms with Gasteiger partial charge in [0, 0.05) is 22.7 Å². The summed E-state index contributed by atoms with van der Waals surface area (Å²) in [6, 6.07) is 25.5. The molecule has 2 nitrogen and oxygen atoms in total. The van der Waals surface area contributed by atoms with Crippen LogP contribution in [0.5, 0.6) is 0 Å². The summed E-state index contributed by atoms with van der Waals surface area (Å²) in [6.07, 6.45) is 3.56. The van der Waals surface area contributed by atoms with E-state index in [1.165, 1.54) is 29.7 Å². The summed E-state index contributed by atoms with van der Waals surface area (Å²) >= 11 is 0. The Kier molecular flexibility index (Phi) is 7.35. The standard InChI is InChI=1S/C27H34N2/c1-5-25-26(21(4)15-14-20(2)3)12-9-13-27(25)29-24-18-16-23(17-19-24)28-22-10-7-6-8-11-22/h6-13,16-21,28-29H,5,14-15H2,1-4H3. The molecule has 0 aromatic heterocycles. The Morgan fingerprint density at radius 3 is 1.90 bits per heavy atom. The van der Waals surface area contributed by atoms with Crippen molar-refractivity contribution in [2.75, 3.05) is 10.6 Å². The molecule has 0 amide bonds. The van der Waals surface area contributed by atoms with E-state index in [1.54, 1.807) is 0 Å². The van der Waals surface area contributed by atoms with Crippen molar-refractivity contribution >= 4 is 22.7 Å². The van der Waals surface area contributed by atoms with E-state index in [1.807, 2.05) is 18.2 Å². The molecule has 0 radical (unpaired) electrons. The molecule has 3 rings (SSSR count). The van der Waals surface area contributed by atoms with Crippen LogP contribution in [0.1, 0.15) is 57.6 Å². The van der Waals surface area contributed by atoms with E-state index in [2.05, 4.69) is 92.9 Å². The van der Waals surface area contributed by atoms with E-state index < -0.39 is 0 Å². The van der Waals surface area contributed by atoms with Gasteiger partial charge in [0.1, 0.15) is 0 Å². The van der Waals surface area contributed by atoms with E-state index in [0.29, 0.717) is 5.92 Å². The fraction of sp³-hybridized carbons (Fsp3) is 0.333. The third kappa shape index (κ3) is 5.87. The second kappa shape index (κ2) is 10.2. The largest absolute Gasteiger partial charge is 0.356 e. The number of anilines is 4. The Morgan fingerprint density at radius 2 is 1.28 bits per heavy atom. The zero-order valence-electron chi connectivity index (χ0n) is 18.2. The molecule has 0 heterocycles. The van der Waals surface area contributed by atoms with Gasteiger partial charge in [0.05, 0.1) is 0 Å². The van der Waals surface area contributed by atoms with Crippen molar-refractivity contribution in [3.8, 4) is 0 Å². The van der Waals surface area contributed by atoms with Gasteiger partial charge >= 0.3 is 0 Å². The van der Waals surface area contributed by atoms with Crippen LogP contribution in [0.2, 0.25) is 0 Å². The van der Waals surface area contributed by atoms with Crippen LogP contribution in [0, 0.1) is 5.92 Å². The minimum Gasteiger partial charge on any atom is -0.356 e. The van der Waals surface area contributed by atoms with Crippen LogP contribution in [-0.4, -0.2) is 0 Å². The highest BCUT2D eigenvalue weighted by atomic mass is 14.9. The summed E-state index contributed by atoms with van der Waals surface area (Å²) in [6.45, 7) is 9.24. The first-order chi connectivity index (χ1) is 14.1. The highest BCUT2D eigenvalue weighted by Gasteiger charge is 2.13. The number of para-hydroxylation sites is 1. The van der Waals surface area contributed by atoms with Crippen molar-refractivity contribution in [2.45, 2.75) is 52.9 Å². The van der Waals surface area contributed by atoms with Crippen LogP contribution >= 0.6 is 0 Å². The molecule has 1 unspecified atom stereocenters. The maximum absolute atomic E-state index is 3.65. The van der Waals surface area contributed by atoms with E-state index in [4.69, 9.17) is 0 Å². The third-order valence-electron chi connectivity index (χ3n) is 5.50. The first kappa shape index (κ1) is 21.0. The first-order valence-electron chi connectivity index (χ1n) is 10.9. The fourth-order valence-electron chi connectivity index (χ4n) is 3.80. The maximum Gasteiger partial charge on any atom is 0.0419 e. The van der Waals surface area contributed by atoms with Gasteiger partial charge in [-0.2, -0.15) is 0 Å². The monoisotopic (exact) mass is 386 g/mol. The second-order valence-electron chi connectivity index (χ2n) is 8.29. The number of nitrogens with one attached hydrogen (secondary N) is 2. The molecule has 0 aliphatic rings. The minimum absolute atomic E-state index is 0.589. The minimum atomic E-state index is 0.589. The van der Waals surface area contributed by atoms with Crippen LogP contribution < -0.4 is 10.6 Å². The molecule has 0 saturated heterocycles. The lowest BCUT2D eigenvalue weighted by Gasteiger charge is -2.20. The summed E-state index contributed by atoms with van der Waals surface area (Å²) < 4.78 is 0. The van der Waals surface area contributed by atoms with Crippen molar-refractivity contribution in [1.29, 1.82) is 0 Å². The molecule has 0 aliphatic carbocycles. The van der Waals surface area contributed by atoms with Gasteiger partial charge in [-0.25, -0.2) is 0 Å². The number of rotatable bonds is 9. The Balaban J connectivity index is 1.73. The zero-order chi connectivity index (χ0) is 20.6. The summed E-state index contributed by atoms with van der Waals surface area (Å²) in [5, 5.41) is 7.08. The summed E-state index contributed by atoms with van der Waals surface area (Å²) in [4.78, 5) is 0. The quantitative estimate of drug-likeness (QED) is 0.386. The molecule has 2 heteroatoms. The predicted molar refractivity (Wildman–Crippen MR) is 128 cm³/mol. The van der Waals surface area contributed by atoms with Gasteiger partial charge < -0.3 is 10.6 Å². The molecule has 152 valence electrons. The molecular weight excluding hydrogens is 352 g/mol. The summed E-state index contributed by atoms with van der Waals surface area (Å²) in [7, 11) is 0. The van der Waals surface area contributed by atoms with E-state index in [9.17, 15) is 0 Å². The van der Waals surface area contributed by atoms with Crippen LogP contribution in [0.4, 0.5) is 22.7 Å². The Morgan fingerprint density at radius 1 is 0.655 bits per heavy atom. The molecule has 3 aromatic carbocycles. The van der Waals surface area contributed by atoms with Crippen molar-refractivity contribution < 1.29 is 0 Å². The van der Waals surface area contributed by atoms with Crippen LogP contribution in [0.25, 0.3) is 0 Å². The van der Waals surface area contributed by atoms with Crippen molar-refractivity contribution in [1.82, 2.24) is 0 Å². The van der Waals surface area contributed by atoms with Crippen molar-refractivity contribution in [3.05, 3.63) is 83.9 Å². The molecule has 0 fully saturated rings. The SMILES string of the molecule is CCc1c(Nc2ccc(Nc3ccccc3)cc2)cccc1C(C)CCC(C)C. The van der Waals surface area contributed by atoms with Gasteiger partial charge in [-0.05, 0) is 78.3 Å². The molecule has 0 bridgehead atoms. The molecule has 29 heavy (non-hydrogen) atoms. The van der Waals surface area contributed by atoms with Gasteiger partial charge in [0.15, 0.2) is 0 Å². The van der Waals surface area contributed by atoms with Gasteiger partial charge in [-0.15, -0.1) is 0 Å². The average molecular weight is 387 g/mol.